The molecule has 8 atom stereocenters. The summed E-state index contributed by atoms with van der Waals surface area (Å²) in [6, 6.07) is 0. The molecule has 0 aromatic carbocycles. The first-order valence-corrected chi connectivity index (χ1v) is 10.6. The van der Waals surface area contributed by atoms with Crippen LogP contribution in [0.2, 0.25) is 0 Å². The van der Waals surface area contributed by atoms with E-state index in [-0.39, 0.29) is 36.3 Å². The van der Waals surface area contributed by atoms with E-state index in [2.05, 4.69) is 0 Å². The Balaban J connectivity index is 1.85. The third kappa shape index (κ3) is 2.08. The number of carbonyl (C=O) groups is 2. The Morgan fingerprint density at radius 1 is 1.36 bits per heavy atom. The van der Waals surface area contributed by atoms with Gasteiger partial charge in [-0.3, -0.25) is 9.59 Å². The van der Waals surface area contributed by atoms with Gasteiger partial charge in [-0.15, -0.1) is 11.6 Å². The first-order valence-electron chi connectivity index (χ1n) is 10.1. The molecule has 0 bridgehead atoms. The number of allylic oxidation sites excluding steroid dienone is 4. The molecule has 2 N–H and O–H groups in total. The lowest BCUT2D eigenvalue weighted by Crippen LogP contribution is -2.69. The lowest BCUT2D eigenvalue weighted by atomic mass is 9.45. The molecule has 4 aliphatic carbocycles. The van der Waals surface area contributed by atoms with Gasteiger partial charge < -0.3 is 10.2 Å². The van der Waals surface area contributed by atoms with Crippen molar-refractivity contribution in [1.82, 2.24) is 0 Å². The lowest BCUT2D eigenvalue weighted by Gasteiger charge is -2.62. The average molecular weight is 411 g/mol. The topological polar surface area (TPSA) is 74.6 Å². The van der Waals surface area contributed by atoms with E-state index < -0.39 is 39.9 Å². The normalized spacial score (nSPS) is 52.5. The van der Waals surface area contributed by atoms with Crippen LogP contribution >= 0.6 is 11.6 Å². The van der Waals surface area contributed by atoms with Crippen LogP contribution in [0.15, 0.2) is 23.8 Å². The minimum absolute atomic E-state index is 0.0151. The van der Waals surface area contributed by atoms with Gasteiger partial charge >= 0.3 is 0 Å². The van der Waals surface area contributed by atoms with Crippen molar-refractivity contribution in [3.05, 3.63) is 23.8 Å². The largest absolute Gasteiger partial charge is 0.390 e. The van der Waals surface area contributed by atoms with Crippen LogP contribution in [-0.2, 0) is 9.59 Å². The van der Waals surface area contributed by atoms with Crippen molar-refractivity contribution in [1.29, 1.82) is 0 Å². The van der Waals surface area contributed by atoms with E-state index in [0.29, 0.717) is 12.8 Å². The molecule has 0 amide bonds. The van der Waals surface area contributed by atoms with E-state index in [4.69, 9.17) is 11.6 Å². The molecule has 6 heteroatoms. The molecular weight excluding hydrogens is 383 g/mol. The van der Waals surface area contributed by atoms with Crippen molar-refractivity contribution < 1.29 is 24.2 Å². The fourth-order valence-corrected chi connectivity index (χ4v) is 7.35. The van der Waals surface area contributed by atoms with Gasteiger partial charge in [0.2, 0.25) is 0 Å². The SMILES string of the molecule is C[C@H]1CC2C3CC=C4CC(=O)C=C[C@]4(C)[C@@]3(F)[C@@H](O)C[C@]2(C)[C@@]1(O)C(=O)CCl. The molecule has 2 fully saturated rings. The number of carbonyl (C=O) groups excluding carboxylic acids is 2. The Hall–Kier alpha value is -1.04. The number of hydrogen-bond acceptors (Lipinski definition) is 4. The number of halogens is 2. The average Bonchev–Trinajstić information content (AvgIpc) is 2.84. The zero-order valence-corrected chi connectivity index (χ0v) is 17.3. The summed E-state index contributed by atoms with van der Waals surface area (Å²) in [6.07, 6.45) is 4.66. The Bertz CT molecular complexity index is 808. The first kappa shape index (κ1) is 20.2. The van der Waals surface area contributed by atoms with Crippen LogP contribution in [-0.4, -0.2) is 45.0 Å². The Labute approximate surface area is 169 Å². The van der Waals surface area contributed by atoms with Crippen molar-refractivity contribution in [3.63, 3.8) is 0 Å². The maximum absolute atomic E-state index is 16.9. The molecular formula is C22H28ClFO4. The number of Topliss-reactive ketones (excluding diaryl/α,β-unsaturated/α-hetero) is 1. The molecule has 0 aliphatic heterocycles. The van der Waals surface area contributed by atoms with Gasteiger partial charge in [-0.1, -0.05) is 31.6 Å². The number of rotatable bonds is 2. The second-order valence-corrected chi connectivity index (χ2v) is 9.99. The van der Waals surface area contributed by atoms with E-state index in [1.807, 2.05) is 13.0 Å². The fourth-order valence-electron chi connectivity index (χ4n) is 7.15. The highest BCUT2D eigenvalue weighted by atomic mass is 35.5. The molecule has 0 spiro atoms. The third-order valence-electron chi connectivity index (χ3n) is 8.73. The van der Waals surface area contributed by atoms with E-state index in [1.54, 1.807) is 19.9 Å². The van der Waals surface area contributed by atoms with Crippen LogP contribution < -0.4 is 0 Å². The monoisotopic (exact) mass is 410 g/mol. The number of aliphatic hydroxyl groups is 2. The smallest absolute Gasteiger partial charge is 0.179 e. The van der Waals surface area contributed by atoms with Gasteiger partial charge in [0.15, 0.2) is 17.2 Å². The Morgan fingerprint density at radius 3 is 2.68 bits per heavy atom. The number of alkyl halides is 2. The number of aliphatic hydroxyl groups excluding tert-OH is 1. The van der Waals surface area contributed by atoms with Crippen molar-refractivity contribution >= 4 is 23.2 Å². The van der Waals surface area contributed by atoms with Crippen LogP contribution in [0.1, 0.15) is 46.5 Å². The molecule has 0 aromatic rings. The maximum atomic E-state index is 16.9. The van der Waals surface area contributed by atoms with Crippen LogP contribution in [0.3, 0.4) is 0 Å². The second-order valence-electron chi connectivity index (χ2n) is 9.72. The summed E-state index contributed by atoms with van der Waals surface area (Å²) in [5, 5.41) is 22.6. The molecule has 2 saturated carbocycles. The third-order valence-corrected chi connectivity index (χ3v) is 8.98. The summed E-state index contributed by atoms with van der Waals surface area (Å²) in [5.74, 6) is -2.01. The van der Waals surface area contributed by atoms with Crippen LogP contribution in [0, 0.1) is 28.6 Å². The number of hydrogen-bond donors (Lipinski definition) is 2. The van der Waals surface area contributed by atoms with Gasteiger partial charge in [0, 0.05) is 23.2 Å². The standard InChI is InChI=1S/C22H28ClFO4/c1-12-8-16-15-5-4-13-9-14(25)6-7-19(13,2)21(15,24)17(26)10-20(16,3)22(12,28)18(27)11-23/h4,6-7,12,15-17,26,28H,5,8-11H2,1-3H3/t12-,15?,16?,17-,19-,20-,21-,22-/m0/s1. The summed E-state index contributed by atoms with van der Waals surface area (Å²) >= 11 is 5.81. The summed E-state index contributed by atoms with van der Waals surface area (Å²) in [7, 11) is 0. The Kier molecular flexibility index (Phi) is 4.33. The van der Waals surface area contributed by atoms with Crippen molar-refractivity contribution in [2.45, 2.75) is 63.8 Å². The molecule has 4 aliphatic rings. The molecule has 154 valence electrons. The van der Waals surface area contributed by atoms with Gasteiger partial charge in [0.1, 0.15) is 5.60 Å². The summed E-state index contributed by atoms with van der Waals surface area (Å²) in [6.45, 7) is 5.37. The Morgan fingerprint density at radius 2 is 2.04 bits per heavy atom. The predicted molar refractivity (Wildman–Crippen MR) is 104 cm³/mol. The van der Waals surface area contributed by atoms with E-state index in [0.717, 1.165) is 5.57 Å². The maximum Gasteiger partial charge on any atom is 0.179 e. The zero-order chi connectivity index (χ0) is 20.7. The quantitative estimate of drug-likeness (QED) is 0.541. The summed E-state index contributed by atoms with van der Waals surface area (Å²) in [5.41, 5.74) is -4.92. The zero-order valence-electron chi connectivity index (χ0n) is 16.5. The molecule has 0 heterocycles. The number of fused-ring (bicyclic) bond motifs is 5. The molecule has 0 aromatic heterocycles. The van der Waals surface area contributed by atoms with Crippen LogP contribution in [0.4, 0.5) is 4.39 Å². The van der Waals surface area contributed by atoms with E-state index in [9.17, 15) is 19.8 Å². The minimum Gasteiger partial charge on any atom is -0.390 e. The van der Waals surface area contributed by atoms with E-state index in [1.165, 1.54) is 6.08 Å². The molecule has 2 unspecified atom stereocenters. The van der Waals surface area contributed by atoms with Crippen molar-refractivity contribution in [2.24, 2.45) is 28.6 Å². The minimum atomic E-state index is -1.95. The highest BCUT2D eigenvalue weighted by Crippen LogP contribution is 2.70. The molecule has 28 heavy (non-hydrogen) atoms. The predicted octanol–water partition coefficient (Wildman–Crippen LogP) is 3.14. The van der Waals surface area contributed by atoms with Crippen LogP contribution in [0.5, 0.6) is 0 Å². The van der Waals surface area contributed by atoms with Gasteiger partial charge in [0.25, 0.3) is 0 Å². The molecule has 0 saturated heterocycles. The molecule has 4 nitrogen and oxygen atoms in total. The molecule has 4 rings (SSSR count). The summed E-state index contributed by atoms with van der Waals surface area (Å²) in [4.78, 5) is 24.5. The van der Waals surface area contributed by atoms with Gasteiger partial charge in [-0.2, -0.15) is 0 Å². The van der Waals surface area contributed by atoms with E-state index >= 15 is 4.39 Å². The van der Waals surface area contributed by atoms with Crippen molar-refractivity contribution in [2.75, 3.05) is 5.88 Å². The van der Waals surface area contributed by atoms with Crippen molar-refractivity contribution in [3.8, 4) is 0 Å². The number of ketones is 2. The second kappa shape index (κ2) is 5.99. The first-order chi connectivity index (χ1) is 13.0. The van der Waals surface area contributed by atoms with Gasteiger partial charge in [-0.05, 0) is 44.1 Å². The highest BCUT2D eigenvalue weighted by Gasteiger charge is 2.75. The summed E-state index contributed by atoms with van der Waals surface area (Å²) < 4.78 is 16.9. The van der Waals surface area contributed by atoms with Gasteiger partial charge in [-0.25, -0.2) is 4.39 Å². The van der Waals surface area contributed by atoms with Crippen LogP contribution in [0.25, 0.3) is 0 Å². The van der Waals surface area contributed by atoms with Gasteiger partial charge in [0.05, 0.1) is 12.0 Å². The lowest BCUT2D eigenvalue weighted by molar-refractivity contribution is -0.213. The highest BCUT2D eigenvalue weighted by molar-refractivity contribution is 6.29. The fraction of sp³-hybridized carbons (Fsp3) is 0.727. The molecule has 0 radical (unpaired) electrons.